The third-order valence-electron chi connectivity index (χ3n) is 5.91. The molecule has 0 spiro atoms. The van der Waals surface area contributed by atoms with Gasteiger partial charge in [0.2, 0.25) is 0 Å². The minimum absolute atomic E-state index is 0.0826. The molecule has 1 saturated heterocycles. The third kappa shape index (κ3) is 7.69. The minimum Gasteiger partial charge on any atom is -0.497 e. The normalized spacial score (nSPS) is 14.3. The second-order valence-corrected chi connectivity index (χ2v) is 8.95. The van der Waals surface area contributed by atoms with Gasteiger partial charge in [-0.25, -0.2) is 0 Å². The molecular weight excluding hydrogens is 494 g/mol. The van der Waals surface area contributed by atoms with Crippen LogP contribution in [0.15, 0.2) is 70.8 Å². The van der Waals surface area contributed by atoms with Crippen LogP contribution in [-0.4, -0.2) is 63.2 Å². The Balaban J connectivity index is 1.47. The number of morpholine rings is 1. The van der Waals surface area contributed by atoms with E-state index >= 15 is 0 Å². The van der Waals surface area contributed by atoms with Crippen LogP contribution in [0.25, 0.3) is 17.4 Å². The van der Waals surface area contributed by atoms with Crippen LogP contribution in [0, 0.1) is 0 Å². The van der Waals surface area contributed by atoms with Crippen LogP contribution in [0.2, 0.25) is 5.02 Å². The number of benzene rings is 2. The fourth-order valence-corrected chi connectivity index (χ4v) is 4.08. The van der Waals surface area contributed by atoms with Crippen LogP contribution in [0.1, 0.15) is 22.5 Å². The second-order valence-electron chi connectivity index (χ2n) is 8.52. The number of furan rings is 1. The summed E-state index contributed by atoms with van der Waals surface area (Å²) >= 11 is 6.10. The lowest BCUT2D eigenvalue weighted by Gasteiger charge is -2.26. The van der Waals surface area contributed by atoms with Gasteiger partial charge in [-0.2, -0.15) is 0 Å². The summed E-state index contributed by atoms with van der Waals surface area (Å²) in [6.07, 6.45) is 2.30. The Morgan fingerprint density at radius 2 is 1.86 bits per heavy atom. The van der Waals surface area contributed by atoms with Gasteiger partial charge in [-0.05, 0) is 61.5 Å². The van der Waals surface area contributed by atoms with Crippen LogP contribution >= 0.6 is 11.6 Å². The zero-order valence-electron chi connectivity index (χ0n) is 20.7. The van der Waals surface area contributed by atoms with Gasteiger partial charge in [-0.15, -0.1) is 0 Å². The predicted molar refractivity (Wildman–Crippen MR) is 142 cm³/mol. The molecule has 194 valence electrons. The molecule has 9 heteroatoms. The van der Waals surface area contributed by atoms with Gasteiger partial charge in [-0.1, -0.05) is 23.7 Å². The summed E-state index contributed by atoms with van der Waals surface area (Å²) in [6, 6.07) is 17.5. The lowest BCUT2D eigenvalue weighted by molar-refractivity contribution is -0.117. The number of carbonyl (C=O) groups is 2. The first-order chi connectivity index (χ1) is 18.0. The van der Waals surface area contributed by atoms with Gasteiger partial charge >= 0.3 is 0 Å². The van der Waals surface area contributed by atoms with Gasteiger partial charge in [0.1, 0.15) is 23.0 Å². The summed E-state index contributed by atoms with van der Waals surface area (Å²) in [6.45, 7) is 4.59. The number of methoxy groups -OCH3 is 1. The van der Waals surface area contributed by atoms with Crippen molar-refractivity contribution < 1.29 is 23.5 Å². The van der Waals surface area contributed by atoms with Crippen molar-refractivity contribution in [3.8, 4) is 17.1 Å². The van der Waals surface area contributed by atoms with Crippen molar-refractivity contribution >= 4 is 29.5 Å². The Labute approximate surface area is 221 Å². The van der Waals surface area contributed by atoms with Gasteiger partial charge in [0.05, 0.1) is 20.3 Å². The Hall–Kier alpha value is -3.59. The first-order valence-corrected chi connectivity index (χ1v) is 12.5. The molecule has 0 saturated carbocycles. The van der Waals surface area contributed by atoms with E-state index in [2.05, 4.69) is 15.5 Å². The van der Waals surface area contributed by atoms with E-state index in [0.717, 1.165) is 44.8 Å². The van der Waals surface area contributed by atoms with Crippen LogP contribution in [0.4, 0.5) is 0 Å². The molecule has 37 heavy (non-hydrogen) atoms. The summed E-state index contributed by atoms with van der Waals surface area (Å²) in [4.78, 5) is 28.3. The molecule has 0 radical (unpaired) electrons. The number of hydrogen-bond acceptors (Lipinski definition) is 6. The lowest BCUT2D eigenvalue weighted by atomic mass is 10.2. The third-order valence-corrected chi connectivity index (χ3v) is 6.14. The molecule has 2 heterocycles. The number of amides is 2. The van der Waals surface area contributed by atoms with E-state index in [1.54, 1.807) is 55.6 Å². The standard InChI is InChI=1S/C28H30ClN3O5/c1-35-23-8-6-20(7-9-23)27(33)31-25(28(34)30-12-3-13-32-14-16-36-17-15-32)19-24-10-11-26(37-24)21-4-2-5-22(29)18-21/h2,4-11,18-19H,3,12-17H2,1H3,(H,30,34)(H,31,33)/b25-19-. The van der Waals surface area contributed by atoms with Crippen molar-refractivity contribution in [2.24, 2.45) is 0 Å². The summed E-state index contributed by atoms with van der Waals surface area (Å²) in [7, 11) is 1.56. The van der Waals surface area contributed by atoms with Crippen LogP contribution in [0.5, 0.6) is 5.75 Å². The lowest BCUT2D eigenvalue weighted by Crippen LogP contribution is -2.39. The summed E-state index contributed by atoms with van der Waals surface area (Å²) in [5, 5.41) is 6.23. The number of halogens is 1. The summed E-state index contributed by atoms with van der Waals surface area (Å²) in [5.41, 5.74) is 1.29. The molecule has 0 bridgehead atoms. The summed E-state index contributed by atoms with van der Waals surface area (Å²) < 4.78 is 16.5. The minimum atomic E-state index is -0.418. The van der Waals surface area contributed by atoms with E-state index in [1.165, 1.54) is 6.08 Å². The molecule has 4 rings (SSSR count). The van der Waals surface area contributed by atoms with E-state index < -0.39 is 11.8 Å². The highest BCUT2D eigenvalue weighted by molar-refractivity contribution is 6.30. The fraction of sp³-hybridized carbons (Fsp3) is 0.286. The Bertz CT molecular complexity index is 1230. The van der Waals surface area contributed by atoms with Gasteiger partial charge in [0.15, 0.2) is 0 Å². The first-order valence-electron chi connectivity index (χ1n) is 12.1. The van der Waals surface area contributed by atoms with Gasteiger partial charge in [-0.3, -0.25) is 14.5 Å². The molecule has 3 aromatic rings. The van der Waals surface area contributed by atoms with Crippen molar-refractivity contribution in [3.63, 3.8) is 0 Å². The fourth-order valence-electron chi connectivity index (χ4n) is 3.89. The number of rotatable bonds is 10. The number of hydrogen-bond donors (Lipinski definition) is 2. The number of carbonyl (C=O) groups excluding carboxylic acids is 2. The Kier molecular flexibility index (Phi) is 9.37. The van der Waals surface area contributed by atoms with Crippen LogP contribution in [0.3, 0.4) is 0 Å². The highest BCUT2D eigenvalue weighted by Gasteiger charge is 2.17. The molecule has 8 nitrogen and oxygen atoms in total. The maximum absolute atomic E-state index is 13.1. The topological polar surface area (TPSA) is 93.0 Å². The van der Waals surface area contributed by atoms with Crippen molar-refractivity contribution in [1.29, 1.82) is 0 Å². The zero-order valence-corrected chi connectivity index (χ0v) is 21.4. The highest BCUT2D eigenvalue weighted by Crippen LogP contribution is 2.25. The van der Waals surface area contributed by atoms with Gasteiger partial charge in [0.25, 0.3) is 11.8 Å². The molecule has 2 amide bonds. The maximum atomic E-state index is 13.1. The van der Waals surface area contributed by atoms with E-state index in [0.29, 0.717) is 34.4 Å². The first kappa shape index (κ1) is 26.5. The smallest absolute Gasteiger partial charge is 0.267 e. The molecule has 1 aliphatic rings. The predicted octanol–water partition coefficient (Wildman–Crippen LogP) is 4.22. The SMILES string of the molecule is COc1ccc(C(=O)N/C(=C\c2ccc(-c3cccc(Cl)c3)o2)C(=O)NCCCN2CCOCC2)cc1. The molecule has 0 unspecified atom stereocenters. The molecule has 2 N–H and O–H groups in total. The van der Waals surface area contributed by atoms with E-state index in [-0.39, 0.29) is 5.70 Å². The van der Waals surface area contributed by atoms with Crippen LogP contribution < -0.4 is 15.4 Å². The van der Waals surface area contributed by atoms with Crippen molar-refractivity contribution in [2.75, 3.05) is 46.5 Å². The average molecular weight is 524 g/mol. The largest absolute Gasteiger partial charge is 0.497 e. The maximum Gasteiger partial charge on any atom is 0.267 e. The second kappa shape index (κ2) is 13.1. The molecule has 0 aliphatic carbocycles. The monoisotopic (exact) mass is 523 g/mol. The molecule has 1 aromatic heterocycles. The van der Waals surface area contributed by atoms with E-state index in [9.17, 15) is 9.59 Å². The van der Waals surface area contributed by atoms with E-state index in [4.69, 9.17) is 25.5 Å². The zero-order chi connectivity index (χ0) is 26.0. The number of nitrogens with zero attached hydrogens (tertiary/aromatic N) is 1. The average Bonchev–Trinajstić information content (AvgIpc) is 3.40. The molecule has 2 aromatic carbocycles. The Morgan fingerprint density at radius 3 is 2.59 bits per heavy atom. The quantitative estimate of drug-likeness (QED) is 0.305. The van der Waals surface area contributed by atoms with Gasteiger partial charge < -0.3 is 24.5 Å². The highest BCUT2D eigenvalue weighted by atomic mass is 35.5. The van der Waals surface area contributed by atoms with Gasteiger partial charge in [0, 0.05) is 41.9 Å². The molecule has 1 aliphatic heterocycles. The molecular formula is C28H30ClN3O5. The van der Waals surface area contributed by atoms with Crippen molar-refractivity contribution in [1.82, 2.24) is 15.5 Å². The van der Waals surface area contributed by atoms with Crippen molar-refractivity contribution in [3.05, 3.63) is 82.7 Å². The number of ether oxygens (including phenoxy) is 2. The van der Waals surface area contributed by atoms with E-state index in [1.807, 2.05) is 12.1 Å². The molecule has 1 fully saturated rings. The number of nitrogens with one attached hydrogen (secondary N) is 2. The Morgan fingerprint density at radius 1 is 1.08 bits per heavy atom. The van der Waals surface area contributed by atoms with Crippen LogP contribution in [-0.2, 0) is 9.53 Å². The van der Waals surface area contributed by atoms with Crippen molar-refractivity contribution in [2.45, 2.75) is 6.42 Å². The molecule has 0 atom stereocenters. The summed E-state index contributed by atoms with van der Waals surface area (Å²) in [5.74, 6) is 0.835.